The summed E-state index contributed by atoms with van der Waals surface area (Å²) < 4.78 is 55.7. The summed E-state index contributed by atoms with van der Waals surface area (Å²) in [6.07, 6.45) is 3.49. The highest BCUT2D eigenvalue weighted by Gasteiger charge is 2.27. The second-order valence-corrected chi connectivity index (χ2v) is 11.2. The number of nitrogens with one attached hydrogen (secondary N) is 3. The molecule has 39 heavy (non-hydrogen) atoms. The van der Waals surface area contributed by atoms with E-state index in [1.807, 2.05) is 0 Å². The van der Waals surface area contributed by atoms with Crippen molar-refractivity contribution in [1.82, 2.24) is 10.0 Å². The summed E-state index contributed by atoms with van der Waals surface area (Å²) in [4.78, 5) is 13.6. The number of rotatable bonds is 13. The molecular weight excluding hydrogens is 526 g/mol. The summed E-state index contributed by atoms with van der Waals surface area (Å²) in [7, 11) is 0.820. The fourth-order valence-electron chi connectivity index (χ4n) is 4.68. The van der Waals surface area contributed by atoms with E-state index in [9.17, 15) is 13.2 Å². The van der Waals surface area contributed by atoms with Crippen molar-refractivity contribution in [2.75, 3.05) is 52.9 Å². The van der Waals surface area contributed by atoms with Crippen molar-refractivity contribution in [2.45, 2.75) is 48.8 Å². The minimum absolute atomic E-state index is 0.0267. The lowest BCUT2D eigenvalue weighted by Crippen LogP contribution is -2.38. The largest absolute Gasteiger partial charge is 0.493 e. The van der Waals surface area contributed by atoms with Crippen LogP contribution in [0.3, 0.4) is 0 Å². The Morgan fingerprint density at radius 2 is 1.51 bits per heavy atom. The molecule has 0 bridgehead atoms. The molecule has 3 N–H and O–H groups in total. The van der Waals surface area contributed by atoms with E-state index in [4.69, 9.17) is 23.7 Å². The molecular formula is C27H37N3O8S. The average Bonchev–Trinajstić information content (AvgIpc) is 3.68. The van der Waals surface area contributed by atoms with Crippen molar-refractivity contribution < 1.29 is 36.9 Å². The van der Waals surface area contributed by atoms with Crippen LogP contribution in [0.2, 0.25) is 0 Å². The van der Waals surface area contributed by atoms with Gasteiger partial charge in [0.05, 0.1) is 38.4 Å². The molecule has 0 radical (unpaired) electrons. The third-order valence-electron chi connectivity index (χ3n) is 6.81. The zero-order valence-corrected chi connectivity index (χ0v) is 23.3. The topological polar surface area (TPSA) is 133 Å². The number of ether oxygens (including phenoxy) is 5. The summed E-state index contributed by atoms with van der Waals surface area (Å²) in [6.45, 7) is 1.96. The van der Waals surface area contributed by atoms with Crippen molar-refractivity contribution in [3.05, 3.63) is 42.0 Å². The van der Waals surface area contributed by atoms with Crippen LogP contribution in [0.15, 0.2) is 41.3 Å². The van der Waals surface area contributed by atoms with Gasteiger partial charge >= 0.3 is 0 Å². The Kier molecular flexibility index (Phi) is 9.89. The molecule has 0 saturated carbocycles. The summed E-state index contributed by atoms with van der Waals surface area (Å²) >= 11 is 0. The minimum atomic E-state index is -3.70. The van der Waals surface area contributed by atoms with E-state index in [1.165, 1.54) is 33.5 Å². The van der Waals surface area contributed by atoms with Gasteiger partial charge in [-0.3, -0.25) is 4.79 Å². The van der Waals surface area contributed by atoms with Crippen LogP contribution in [0.4, 0.5) is 5.69 Å². The van der Waals surface area contributed by atoms with Crippen LogP contribution in [0.5, 0.6) is 17.2 Å². The molecule has 2 saturated heterocycles. The van der Waals surface area contributed by atoms with Crippen LogP contribution < -0.4 is 29.6 Å². The molecule has 2 aliphatic rings. The van der Waals surface area contributed by atoms with Crippen LogP contribution in [0.25, 0.3) is 0 Å². The van der Waals surface area contributed by atoms with Crippen molar-refractivity contribution >= 4 is 21.6 Å². The third kappa shape index (κ3) is 7.33. The normalized spacial score (nSPS) is 19.9. The average molecular weight is 564 g/mol. The molecule has 2 aromatic carbocycles. The molecule has 12 heteroatoms. The fraction of sp³-hybridized carbons (Fsp3) is 0.519. The first-order valence-corrected chi connectivity index (χ1v) is 14.5. The summed E-state index contributed by atoms with van der Waals surface area (Å²) in [5.41, 5.74) is 1.13. The Morgan fingerprint density at radius 1 is 0.923 bits per heavy atom. The number of amides is 1. The van der Waals surface area contributed by atoms with Gasteiger partial charge in [-0.25, -0.2) is 13.1 Å². The van der Waals surface area contributed by atoms with Gasteiger partial charge in [0, 0.05) is 32.0 Å². The standard InChI is InChI=1S/C27H37N3O8S/c1-34-23-14-18(15-24(35-2)26(23)36-3)25(27(31)28-16-20-6-4-12-37-20)30-19-8-10-22(11-9-19)39(32,33)29-17-21-7-5-13-38-21/h8-11,14-15,20-21,25,29-30H,4-7,12-13,16-17H2,1-3H3,(H,28,31)/t20-,21-,25+/m0/s1. The number of methoxy groups -OCH3 is 3. The molecule has 214 valence electrons. The van der Waals surface area contributed by atoms with Gasteiger partial charge in [-0.1, -0.05) is 0 Å². The Balaban J connectivity index is 1.55. The van der Waals surface area contributed by atoms with Gasteiger partial charge in [-0.2, -0.15) is 0 Å². The highest BCUT2D eigenvalue weighted by atomic mass is 32.2. The maximum absolute atomic E-state index is 13.4. The highest BCUT2D eigenvalue weighted by molar-refractivity contribution is 7.89. The first kappa shape index (κ1) is 28.9. The lowest BCUT2D eigenvalue weighted by Gasteiger charge is -2.23. The van der Waals surface area contributed by atoms with Crippen LogP contribution in [0, 0.1) is 0 Å². The summed E-state index contributed by atoms with van der Waals surface area (Å²) in [6, 6.07) is 8.81. The van der Waals surface area contributed by atoms with E-state index >= 15 is 0 Å². The zero-order valence-electron chi connectivity index (χ0n) is 22.5. The predicted octanol–water partition coefficient (Wildman–Crippen LogP) is 2.62. The van der Waals surface area contributed by atoms with Gasteiger partial charge in [-0.15, -0.1) is 0 Å². The van der Waals surface area contributed by atoms with Crippen LogP contribution in [0.1, 0.15) is 37.3 Å². The number of hydrogen-bond acceptors (Lipinski definition) is 9. The molecule has 4 rings (SSSR count). The molecule has 0 spiro atoms. The number of hydrogen-bond donors (Lipinski definition) is 3. The van der Waals surface area contributed by atoms with Gasteiger partial charge in [0.15, 0.2) is 11.5 Å². The maximum atomic E-state index is 13.4. The second kappa shape index (κ2) is 13.3. The first-order valence-electron chi connectivity index (χ1n) is 13.0. The smallest absolute Gasteiger partial charge is 0.247 e. The molecule has 1 amide bonds. The van der Waals surface area contributed by atoms with Gasteiger partial charge in [0.2, 0.25) is 21.7 Å². The molecule has 3 atom stereocenters. The van der Waals surface area contributed by atoms with Crippen LogP contribution in [-0.4, -0.2) is 74.2 Å². The molecule has 0 unspecified atom stereocenters. The van der Waals surface area contributed by atoms with Crippen molar-refractivity contribution in [3.63, 3.8) is 0 Å². The van der Waals surface area contributed by atoms with Gasteiger partial charge in [-0.05, 0) is 67.6 Å². The van der Waals surface area contributed by atoms with E-state index < -0.39 is 16.1 Å². The lowest BCUT2D eigenvalue weighted by atomic mass is 10.0. The Morgan fingerprint density at radius 3 is 2.03 bits per heavy atom. The highest BCUT2D eigenvalue weighted by Crippen LogP contribution is 2.40. The maximum Gasteiger partial charge on any atom is 0.247 e. The Bertz CT molecular complexity index is 1190. The number of anilines is 1. The van der Waals surface area contributed by atoms with E-state index in [-0.39, 0.29) is 29.6 Å². The SMILES string of the molecule is COc1cc([C@@H](Nc2ccc(S(=O)(=O)NC[C@@H]3CCCO3)cc2)C(=O)NC[C@@H]2CCCO2)cc(OC)c1OC. The lowest BCUT2D eigenvalue weighted by molar-refractivity contribution is -0.122. The van der Waals surface area contributed by atoms with E-state index in [1.54, 1.807) is 24.3 Å². The molecule has 2 aliphatic heterocycles. The third-order valence-corrected chi connectivity index (χ3v) is 8.25. The molecule has 2 aromatic rings. The van der Waals surface area contributed by atoms with Crippen molar-refractivity contribution in [1.29, 1.82) is 0 Å². The number of carbonyl (C=O) groups excluding carboxylic acids is 1. The van der Waals surface area contributed by atoms with Gasteiger partial charge < -0.3 is 34.3 Å². The van der Waals surface area contributed by atoms with E-state index in [0.29, 0.717) is 48.3 Å². The molecule has 11 nitrogen and oxygen atoms in total. The minimum Gasteiger partial charge on any atom is -0.493 e. The Hall–Kier alpha value is -3.06. The van der Waals surface area contributed by atoms with Crippen LogP contribution >= 0.6 is 0 Å². The van der Waals surface area contributed by atoms with Crippen LogP contribution in [-0.2, 0) is 24.3 Å². The first-order chi connectivity index (χ1) is 18.8. The molecule has 0 aromatic heterocycles. The molecule has 0 aliphatic carbocycles. The van der Waals surface area contributed by atoms with Gasteiger partial charge in [0.1, 0.15) is 6.04 Å². The predicted molar refractivity (Wildman–Crippen MR) is 145 cm³/mol. The number of sulfonamides is 1. The monoisotopic (exact) mass is 563 g/mol. The zero-order chi connectivity index (χ0) is 27.8. The van der Waals surface area contributed by atoms with E-state index in [2.05, 4.69) is 15.4 Å². The summed E-state index contributed by atoms with van der Waals surface area (Å²) in [5, 5.41) is 6.19. The fourth-order valence-corrected chi connectivity index (χ4v) is 5.74. The quantitative estimate of drug-likeness (QED) is 0.336. The second-order valence-electron chi connectivity index (χ2n) is 9.43. The van der Waals surface area contributed by atoms with Crippen molar-refractivity contribution in [3.8, 4) is 17.2 Å². The van der Waals surface area contributed by atoms with E-state index in [0.717, 1.165) is 25.7 Å². The summed E-state index contributed by atoms with van der Waals surface area (Å²) in [5.74, 6) is 0.940. The number of carbonyl (C=O) groups is 1. The number of benzene rings is 2. The molecule has 2 heterocycles. The van der Waals surface area contributed by atoms with Crippen molar-refractivity contribution in [2.24, 2.45) is 0 Å². The van der Waals surface area contributed by atoms with Gasteiger partial charge in [0.25, 0.3) is 0 Å². The Labute approximate surface area is 229 Å². The molecule has 2 fully saturated rings.